The molecule has 178 valence electrons. The normalized spacial score (nSPS) is 14.5. The van der Waals surface area contributed by atoms with E-state index in [9.17, 15) is 9.59 Å². The molecule has 33 heavy (non-hydrogen) atoms. The van der Waals surface area contributed by atoms with Crippen LogP contribution in [0.15, 0.2) is 72.4 Å². The summed E-state index contributed by atoms with van der Waals surface area (Å²) in [5, 5.41) is 5.06. The van der Waals surface area contributed by atoms with E-state index in [-0.39, 0.29) is 6.42 Å². The number of hydrogen-bond acceptors (Lipinski definition) is 4. The van der Waals surface area contributed by atoms with Crippen LogP contribution in [-0.4, -0.2) is 38.4 Å². The quantitative estimate of drug-likeness (QED) is 0.438. The molecular weight excluding hydrogens is 430 g/mol. The summed E-state index contributed by atoms with van der Waals surface area (Å²) in [6, 6.07) is 19.8. The van der Waals surface area contributed by atoms with Gasteiger partial charge in [0, 0.05) is 12.3 Å². The van der Waals surface area contributed by atoms with Crippen LogP contribution >= 0.6 is 0 Å². The SMILES string of the molecule is C=C([C@H](C)[C@@](Cc1ccccc1)(NC(=O)OC(C)(C)C)C(=O)OC)[Si](C)(C)c1ccccc1. The Morgan fingerprint density at radius 2 is 1.52 bits per heavy atom. The van der Waals surface area contributed by atoms with Crippen molar-refractivity contribution in [3.8, 4) is 0 Å². The molecule has 2 aromatic carbocycles. The van der Waals surface area contributed by atoms with E-state index in [4.69, 9.17) is 9.47 Å². The second kappa shape index (κ2) is 10.4. The maximum atomic E-state index is 13.4. The van der Waals surface area contributed by atoms with E-state index < -0.39 is 37.2 Å². The highest BCUT2D eigenvalue weighted by atomic mass is 28.3. The van der Waals surface area contributed by atoms with Gasteiger partial charge in [0.2, 0.25) is 0 Å². The molecule has 1 N–H and O–H groups in total. The van der Waals surface area contributed by atoms with Crippen LogP contribution in [0.1, 0.15) is 33.3 Å². The molecule has 0 fully saturated rings. The van der Waals surface area contributed by atoms with Gasteiger partial charge in [0.05, 0.1) is 7.11 Å². The monoisotopic (exact) mass is 467 g/mol. The number of amides is 1. The first-order valence-electron chi connectivity index (χ1n) is 11.2. The van der Waals surface area contributed by atoms with Crippen molar-refractivity contribution >= 4 is 25.3 Å². The topological polar surface area (TPSA) is 64.6 Å². The number of ether oxygens (including phenoxy) is 2. The fourth-order valence-electron chi connectivity index (χ4n) is 4.07. The van der Waals surface area contributed by atoms with Crippen molar-refractivity contribution < 1.29 is 19.1 Å². The highest BCUT2D eigenvalue weighted by Gasteiger charge is 2.50. The first-order chi connectivity index (χ1) is 15.3. The zero-order valence-electron chi connectivity index (χ0n) is 20.9. The van der Waals surface area contributed by atoms with Crippen LogP contribution in [-0.2, 0) is 20.7 Å². The molecule has 0 heterocycles. The van der Waals surface area contributed by atoms with Gasteiger partial charge in [-0.2, -0.15) is 0 Å². The van der Waals surface area contributed by atoms with Crippen LogP contribution in [0.2, 0.25) is 13.1 Å². The van der Waals surface area contributed by atoms with E-state index in [0.29, 0.717) is 0 Å². The third kappa shape index (κ3) is 6.35. The fraction of sp³-hybridized carbons (Fsp3) is 0.407. The van der Waals surface area contributed by atoms with Crippen LogP contribution in [0.3, 0.4) is 0 Å². The minimum Gasteiger partial charge on any atom is -0.467 e. The summed E-state index contributed by atoms with van der Waals surface area (Å²) in [6.07, 6.45) is -0.415. The average molecular weight is 468 g/mol. The summed E-state index contributed by atoms with van der Waals surface area (Å²) in [7, 11) is -0.882. The smallest absolute Gasteiger partial charge is 0.408 e. The highest BCUT2D eigenvalue weighted by Crippen LogP contribution is 2.34. The van der Waals surface area contributed by atoms with Crippen molar-refractivity contribution in [2.75, 3.05) is 7.11 Å². The van der Waals surface area contributed by atoms with Crippen LogP contribution in [0, 0.1) is 5.92 Å². The summed E-state index contributed by atoms with van der Waals surface area (Å²) < 4.78 is 10.8. The molecule has 0 bridgehead atoms. The molecule has 1 amide bonds. The Kier molecular flexibility index (Phi) is 8.30. The van der Waals surface area contributed by atoms with Gasteiger partial charge in [0.1, 0.15) is 13.7 Å². The Morgan fingerprint density at radius 1 is 1.00 bits per heavy atom. The predicted octanol–water partition coefficient (Wildman–Crippen LogP) is 5.01. The van der Waals surface area contributed by atoms with Crippen LogP contribution in [0.4, 0.5) is 4.79 Å². The van der Waals surface area contributed by atoms with Gasteiger partial charge in [0.25, 0.3) is 0 Å². The minimum atomic E-state index is -2.22. The average Bonchev–Trinajstić information content (AvgIpc) is 2.76. The fourth-order valence-corrected chi connectivity index (χ4v) is 6.80. The van der Waals surface area contributed by atoms with E-state index >= 15 is 0 Å². The molecule has 0 radical (unpaired) electrons. The number of benzene rings is 2. The van der Waals surface area contributed by atoms with Gasteiger partial charge in [-0.25, -0.2) is 9.59 Å². The van der Waals surface area contributed by atoms with Crippen molar-refractivity contribution in [2.45, 2.75) is 58.3 Å². The Morgan fingerprint density at radius 3 is 2.00 bits per heavy atom. The van der Waals surface area contributed by atoms with E-state index in [2.05, 4.69) is 37.1 Å². The molecule has 6 heteroatoms. The second-order valence-corrected chi connectivity index (χ2v) is 14.5. The highest BCUT2D eigenvalue weighted by molar-refractivity contribution is 6.95. The van der Waals surface area contributed by atoms with Crippen molar-refractivity contribution in [3.63, 3.8) is 0 Å². The lowest BCUT2D eigenvalue weighted by atomic mass is 9.79. The minimum absolute atomic E-state index is 0.249. The maximum absolute atomic E-state index is 13.4. The lowest BCUT2D eigenvalue weighted by Gasteiger charge is -2.42. The number of esters is 1. The molecule has 0 spiro atoms. The van der Waals surface area contributed by atoms with Crippen LogP contribution in [0.5, 0.6) is 0 Å². The summed E-state index contributed by atoms with van der Waals surface area (Å²) in [5.74, 6) is -0.941. The van der Waals surface area contributed by atoms with Crippen molar-refractivity contribution in [2.24, 2.45) is 5.92 Å². The molecule has 0 saturated carbocycles. The van der Waals surface area contributed by atoms with Gasteiger partial charge in [-0.1, -0.05) is 91.1 Å². The summed E-state index contributed by atoms with van der Waals surface area (Å²) in [5.41, 5.74) is -1.19. The van der Waals surface area contributed by atoms with Gasteiger partial charge in [-0.05, 0) is 26.3 Å². The van der Waals surface area contributed by atoms with Gasteiger partial charge >= 0.3 is 12.1 Å². The molecule has 0 aromatic heterocycles. The van der Waals surface area contributed by atoms with Crippen molar-refractivity contribution in [3.05, 3.63) is 78.0 Å². The molecular formula is C27H37NO4Si. The number of rotatable bonds is 8. The molecule has 2 aromatic rings. The second-order valence-electron chi connectivity index (χ2n) is 9.99. The molecule has 0 unspecified atom stereocenters. The number of hydrogen-bond donors (Lipinski definition) is 1. The lowest BCUT2D eigenvalue weighted by molar-refractivity contribution is -0.150. The van der Waals surface area contributed by atoms with Crippen LogP contribution < -0.4 is 10.5 Å². The van der Waals surface area contributed by atoms with Gasteiger partial charge < -0.3 is 14.8 Å². The van der Waals surface area contributed by atoms with E-state index in [1.165, 1.54) is 12.3 Å². The molecule has 0 aliphatic carbocycles. The van der Waals surface area contributed by atoms with Crippen molar-refractivity contribution in [1.82, 2.24) is 5.32 Å². The first-order valence-corrected chi connectivity index (χ1v) is 14.2. The number of carbonyl (C=O) groups excluding carboxylic acids is 2. The van der Waals surface area contributed by atoms with Gasteiger partial charge in [0.15, 0.2) is 5.54 Å². The molecule has 0 aliphatic heterocycles. The summed E-state index contributed by atoms with van der Waals surface area (Å²) in [4.78, 5) is 26.4. The predicted molar refractivity (Wildman–Crippen MR) is 136 cm³/mol. The van der Waals surface area contributed by atoms with E-state index in [0.717, 1.165) is 10.8 Å². The molecule has 2 rings (SSSR count). The maximum Gasteiger partial charge on any atom is 0.408 e. The van der Waals surface area contributed by atoms with Gasteiger partial charge in [-0.15, -0.1) is 6.58 Å². The molecule has 2 atom stereocenters. The third-order valence-corrected chi connectivity index (χ3v) is 9.97. The zero-order chi connectivity index (χ0) is 24.9. The van der Waals surface area contributed by atoms with Crippen molar-refractivity contribution in [1.29, 1.82) is 0 Å². The zero-order valence-corrected chi connectivity index (χ0v) is 21.9. The molecule has 5 nitrogen and oxygen atoms in total. The number of carbonyl (C=O) groups is 2. The standard InChI is InChI=1S/C27H37NO4Si/c1-20(21(2)33(7,8)23-17-13-10-14-18-23)27(24(29)31-6,19-22-15-11-9-12-16-22)28-25(30)32-26(3,4)5/h9-18,20H,2,19H2,1,3-8H3,(H,28,30)/t20-,27+/m0/s1. The van der Waals surface area contributed by atoms with E-state index in [1.54, 1.807) is 20.8 Å². The third-order valence-electron chi connectivity index (χ3n) is 6.16. The first kappa shape index (κ1) is 26.4. The largest absolute Gasteiger partial charge is 0.467 e. The Balaban J connectivity index is 2.58. The number of nitrogens with one attached hydrogen (secondary N) is 1. The number of alkyl carbamates (subject to hydrolysis) is 1. The summed E-state index contributed by atoms with van der Waals surface area (Å²) in [6.45, 7) is 16.2. The molecule has 0 aliphatic rings. The summed E-state index contributed by atoms with van der Waals surface area (Å²) >= 11 is 0. The Hall–Kier alpha value is -2.86. The Bertz CT molecular complexity index is 967. The Labute approximate surface area is 199 Å². The number of methoxy groups -OCH3 is 1. The van der Waals surface area contributed by atoms with Crippen LogP contribution in [0.25, 0.3) is 0 Å². The van der Waals surface area contributed by atoms with E-state index in [1.807, 2.05) is 55.5 Å². The lowest BCUT2D eigenvalue weighted by Crippen LogP contribution is -2.64. The molecule has 0 saturated heterocycles. The van der Waals surface area contributed by atoms with Gasteiger partial charge in [-0.3, -0.25) is 0 Å².